The lowest BCUT2D eigenvalue weighted by molar-refractivity contribution is -0.139. The maximum atomic E-state index is 13.5. The molecule has 2 aromatic carbocycles. The van der Waals surface area contributed by atoms with Crippen molar-refractivity contribution >= 4 is 36.2 Å². The van der Waals surface area contributed by atoms with Crippen LogP contribution in [-0.2, 0) is 14.3 Å². The van der Waals surface area contributed by atoms with Gasteiger partial charge in [0.1, 0.15) is 35.7 Å². The number of anilines is 1. The minimum Gasteiger partial charge on any atom is -0.508 e. The lowest BCUT2D eigenvalue weighted by Gasteiger charge is -2.32. The normalized spacial score (nSPS) is 12.4. The third-order valence-corrected chi connectivity index (χ3v) is 5.19. The van der Waals surface area contributed by atoms with Gasteiger partial charge in [-0.15, -0.1) is 0 Å². The van der Waals surface area contributed by atoms with Crippen molar-refractivity contribution in [1.29, 1.82) is 5.26 Å². The molecule has 0 radical (unpaired) electrons. The highest BCUT2D eigenvalue weighted by atomic mass is 32.1. The Balaban J connectivity index is 2.41. The van der Waals surface area contributed by atoms with Crippen molar-refractivity contribution in [2.75, 3.05) is 24.7 Å². The highest BCUT2D eigenvalue weighted by molar-refractivity contribution is 7.80. The molecule has 0 spiro atoms. The Bertz CT molecular complexity index is 1090. The molecule has 0 saturated carbocycles. The molecular formula is C25H30N4O6S. The summed E-state index contributed by atoms with van der Waals surface area (Å²) in [7, 11) is 1.52. The number of phenolic OH excluding ortho intramolecular Hbond substituents is 1. The monoisotopic (exact) mass is 514 g/mol. The Hall–Kier alpha value is -3.91. The Morgan fingerprint density at radius 1 is 1.11 bits per heavy atom. The van der Waals surface area contributed by atoms with Crippen LogP contribution in [0.15, 0.2) is 48.5 Å². The molecule has 0 aromatic heterocycles. The van der Waals surface area contributed by atoms with Gasteiger partial charge in [-0.25, -0.2) is 4.79 Å². The quantitative estimate of drug-likeness (QED) is 0.297. The van der Waals surface area contributed by atoms with E-state index < -0.39 is 42.1 Å². The van der Waals surface area contributed by atoms with E-state index in [2.05, 4.69) is 23.3 Å². The number of amides is 3. The summed E-state index contributed by atoms with van der Waals surface area (Å²) in [6, 6.07) is 11.7. The van der Waals surface area contributed by atoms with E-state index in [4.69, 9.17) is 9.47 Å². The van der Waals surface area contributed by atoms with Gasteiger partial charge in [0.2, 0.25) is 5.91 Å². The van der Waals surface area contributed by atoms with Crippen molar-refractivity contribution in [3.8, 4) is 17.6 Å². The molecule has 3 amide bonds. The summed E-state index contributed by atoms with van der Waals surface area (Å²) in [6.07, 6.45) is -0.837. The summed E-state index contributed by atoms with van der Waals surface area (Å²) >= 11 is 4.18. The van der Waals surface area contributed by atoms with Crippen LogP contribution < -0.4 is 15.4 Å². The first kappa shape index (κ1) is 28.3. The zero-order chi connectivity index (χ0) is 26.9. The average Bonchev–Trinajstić information content (AvgIpc) is 2.82. The van der Waals surface area contributed by atoms with E-state index in [0.717, 1.165) is 4.90 Å². The number of phenols is 1. The standard InChI is InChI=1S/C25H30N4O6S/c1-25(2,3)35-24(33)28-20(15-36)23(32)29(14-13-26)21(16-5-9-18(30)10-6-16)22(31)27-17-7-11-19(34-4)12-8-17/h5-12,20-21,30,36H,14-15H2,1-4H3,(H,27,31)(H,28,33). The molecule has 2 atom stereocenters. The van der Waals surface area contributed by atoms with E-state index in [1.807, 2.05) is 6.07 Å². The number of nitrogens with one attached hydrogen (secondary N) is 2. The third-order valence-electron chi connectivity index (χ3n) is 4.82. The van der Waals surface area contributed by atoms with Crippen LogP contribution in [0, 0.1) is 11.3 Å². The second-order valence-electron chi connectivity index (χ2n) is 8.72. The molecule has 0 aliphatic rings. The smallest absolute Gasteiger partial charge is 0.408 e. The Morgan fingerprint density at radius 2 is 1.72 bits per heavy atom. The van der Waals surface area contributed by atoms with Crippen LogP contribution in [0.2, 0.25) is 0 Å². The van der Waals surface area contributed by atoms with Crippen molar-refractivity contribution in [1.82, 2.24) is 10.2 Å². The molecule has 2 aromatic rings. The number of methoxy groups -OCH3 is 1. The van der Waals surface area contributed by atoms with Gasteiger partial charge in [-0.3, -0.25) is 9.59 Å². The number of nitriles is 1. The first-order chi connectivity index (χ1) is 17.0. The predicted molar refractivity (Wildman–Crippen MR) is 137 cm³/mol. The molecule has 0 heterocycles. The van der Waals surface area contributed by atoms with Gasteiger partial charge in [0.15, 0.2) is 0 Å². The van der Waals surface area contributed by atoms with Crippen LogP contribution in [-0.4, -0.2) is 59.0 Å². The van der Waals surface area contributed by atoms with Crippen LogP contribution in [0.4, 0.5) is 10.5 Å². The van der Waals surface area contributed by atoms with Gasteiger partial charge < -0.3 is 30.1 Å². The number of carbonyl (C=O) groups excluding carboxylic acids is 3. The molecule has 0 fully saturated rings. The van der Waals surface area contributed by atoms with E-state index in [1.54, 1.807) is 45.0 Å². The van der Waals surface area contributed by atoms with E-state index in [0.29, 0.717) is 17.0 Å². The summed E-state index contributed by atoms with van der Waals surface area (Å²) in [5.74, 6) is -0.868. The fraction of sp³-hybridized carbons (Fsp3) is 0.360. The number of aromatic hydroxyl groups is 1. The second-order valence-corrected chi connectivity index (χ2v) is 9.08. The summed E-state index contributed by atoms with van der Waals surface area (Å²) in [5.41, 5.74) is -0.0165. The molecule has 0 aliphatic carbocycles. The number of alkyl carbamates (subject to hydrolysis) is 1. The Morgan fingerprint density at radius 3 is 2.22 bits per heavy atom. The number of benzene rings is 2. The zero-order valence-corrected chi connectivity index (χ0v) is 21.4. The van der Waals surface area contributed by atoms with Crippen LogP contribution in [0.1, 0.15) is 32.4 Å². The van der Waals surface area contributed by atoms with Gasteiger partial charge in [-0.2, -0.15) is 17.9 Å². The van der Waals surface area contributed by atoms with Crippen molar-refractivity contribution in [2.24, 2.45) is 0 Å². The van der Waals surface area contributed by atoms with Crippen LogP contribution in [0.5, 0.6) is 11.5 Å². The minimum atomic E-state index is -1.26. The molecule has 0 saturated heterocycles. The molecule has 3 N–H and O–H groups in total. The molecule has 192 valence electrons. The van der Waals surface area contributed by atoms with Gasteiger partial charge in [-0.1, -0.05) is 12.1 Å². The lowest BCUT2D eigenvalue weighted by Crippen LogP contribution is -2.53. The molecule has 36 heavy (non-hydrogen) atoms. The lowest BCUT2D eigenvalue weighted by atomic mass is 10.0. The van der Waals surface area contributed by atoms with Gasteiger partial charge in [0.25, 0.3) is 5.91 Å². The molecular weight excluding hydrogens is 484 g/mol. The third kappa shape index (κ3) is 8.09. The average molecular weight is 515 g/mol. The van der Waals surface area contributed by atoms with E-state index in [1.165, 1.54) is 31.4 Å². The van der Waals surface area contributed by atoms with Crippen molar-refractivity contribution < 1.29 is 29.0 Å². The highest BCUT2D eigenvalue weighted by Gasteiger charge is 2.36. The van der Waals surface area contributed by atoms with Crippen LogP contribution in [0.25, 0.3) is 0 Å². The van der Waals surface area contributed by atoms with Gasteiger partial charge >= 0.3 is 6.09 Å². The first-order valence-corrected chi connectivity index (χ1v) is 11.6. The Labute approximate surface area is 215 Å². The van der Waals surface area contributed by atoms with Crippen LogP contribution >= 0.6 is 12.6 Å². The fourth-order valence-electron chi connectivity index (χ4n) is 3.22. The number of carbonyl (C=O) groups is 3. The molecule has 10 nitrogen and oxygen atoms in total. The minimum absolute atomic E-state index is 0.0361. The van der Waals surface area contributed by atoms with E-state index in [9.17, 15) is 24.8 Å². The summed E-state index contributed by atoms with van der Waals surface area (Å²) in [6.45, 7) is 4.57. The SMILES string of the molecule is COc1ccc(NC(=O)C(c2ccc(O)cc2)N(CC#N)C(=O)C(CS)NC(=O)OC(C)(C)C)cc1. The van der Waals surface area contributed by atoms with E-state index >= 15 is 0 Å². The maximum Gasteiger partial charge on any atom is 0.408 e. The number of hydrogen-bond acceptors (Lipinski definition) is 8. The summed E-state index contributed by atoms with van der Waals surface area (Å²) in [5, 5.41) is 24.4. The van der Waals surface area contributed by atoms with Gasteiger partial charge in [0, 0.05) is 11.4 Å². The summed E-state index contributed by atoms with van der Waals surface area (Å²) in [4.78, 5) is 40.3. The van der Waals surface area contributed by atoms with Crippen LogP contribution in [0.3, 0.4) is 0 Å². The fourth-order valence-corrected chi connectivity index (χ4v) is 3.47. The largest absolute Gasteiger partial charge is 0.508 e. The number of thiol groups is 1. The van der Waals surface area contributed by atoms with Gasteiger partial charge in [-0.05, 0) is 62.7 Å². The number of nitrogens with zero attached hydrogens (tertiary/aromatic N) is 2. The number of ether oxygens (including phenoxy) is 2. The Kier molecular flexibility index (Phi) is 9.99. The maximum absolute atomic E-state index is 13.5. The van der Waals surface area contributed by atoms with Crippen molar-refractivity contribution in [2.45, 2.75) is 38.5 Å². The summed E-state index contributed by atoms with van der Waals surface area (Å²) < 4.78 is 10.4. The van der Waals surface area contributed by atoms with Crippen molar-refractivity contribution in [3.05, 3.63) is 54.1 Å². The second kappa shape index (κ2) is 12.7. The first-order valence-electron chi connectivity index (χ1n) is 11.0. The zero-order valence-electron chi connectivity index (χ0n) is 20.5. The van der Waals surface area contributed by atoms with Crippen molar-refractivity contribution in [3.63, 3.8) is 0 Å². The molecule has 0 bridgehead atoms. The highest BCUT2D eigenvalue weighted by Crippen LogP contribution is 2.26. The number of rotatable bonds is 9. The molecule has 2 unspecified atom stereocenters. The topological polar surface area (TPSA) is 141 Å². The van der Waals surface area contributed by atoms with Gasteiger partial charge in [0.05, 0.1) is 13.2 Å². The number of hydrogen-bond donors (Lipinski definition) is 4. The van der Waals surface area contributed by atoms with E-state index in [-0.39, 0.29) is 11.5 Å². The molecule has 11 heteroatoms. The molecule has 2 rings (SSSR count). The molecule has 0 aliphatic heterocycles. The predicted octanol–water partition coefficient (Wildman–Crippen LogP) is 3.26.